The third-order valence-electron chi connectivity index (χ3n) is 3.44. The average Bonchev–Trinajstić information content (AvgIpc) is 2.57. The lowest BCUT2D eigenvalue weighted by atomic mass is 10.2. The first-order valence-electron chi connectivity index (χ1n) is 8.35. The van der Waals surface area contributed by atoms with Gasteiger partial charge in [-0.1, -0.05) is 6.07 Å². The number of carbonyl (C=O) groups excluding carboxylic acids is 1. The van der Waals surface area contributed by atoms with Gasteiger partial charge in [0, 0.05) is 26.2 Å². The van der Waals surface area contributed by atoms with Crippen LogP contribution in [0.4, 0.5) is 4.79 Å². The Hall–Kier alpha value is -2.00. The second kappa shape index (κ2) is 10.2. The minimum absolute atomic E-state index is 0.00277. The van der Waals surface area contributed by atoms with Gasteiger partial charge in [0.15, 0.2) is 11.5 Å². The highest BCUT2D eigenvalue weighted by Gasteiger charge is 2.18. The van der Waals surface area contributed by atoms with Crippen molar-refractivity contribution in [2.24, 2.45) is 0 Å². The number of ether oxygens (including phenoxy) is 2. The quantitative estimate of drug-likeness (QED) is 0.616. The molecule has 0 aliphatic carbocycles. The number of hydrogen-bond donors (Lipinski definition) is 1. The number of carbonyl (C=O) groups is 1. The van der Waals surface area contributed by atoms with Gasteiger partial charge in [0.2, 0.25) is 0 Å². The van der Waals surface area contributed by atoms with E-state index in [4.69, 9.17) is 13.7 Å². The number of benzene rings is 1. The highest BCUT2D eigenvalue weighted by molar-refractivity contribution is 7.87. The molecule has 1 rings (SSSR count). The van der Waals surface area contributed by atoms with E-state index in [1.807, 2.05) is 13.8 Å². The molecular formula is C17H28N2O6S. The fourth-order valence-electron chi connectivity index (χ4n) is 2.09. The fourth-order valence-corrected chi connectivity index (χ4v) is 2.61. The van der Waals surface area contributed by atoms with Crippen LogP contribution in [0.3, 0.4) is 0 Å². The summed E-state index contributed by atoms with van der Waals surface area (Å²) in [7, 11) is -0.695. The summed E-state index contributed by atoms with van der Waals surface area (Å²) in [6.45, 7) is 6.30. The van der Waals surface area contributed by atoms with Crippen LogP contribution in [0.1, 0.15) is 26.3 Å². The zero-order valence-corrected chi connectivity index (χ0v) is 16.8. The predicted octanol–water partition coefficient (Wildman–Crippen LogP) is 1.99. The number of hydrogen-bond acceptors (Lipinski definition) is 6. The number of methoxy groups -OCH3 is 2. The third-order valence-corrected chi connectivity index (χ3v) is 4.58. The van der Waals surface area contributed by atoms with Crippen molar-refractivity contribution < 1.29 is 26.9 Å². The summed E-state index contributed by atoms with van der Waals surface area (Å²) in [6, 6.07) is 4.71. The number of rotatable bonds is 10. The van der Waals surface area contributed by atoms with E-state index in [0.717, 1.165) is 0 Å². The van der Waals surface area contributed by atoms with Gasteiger partial charge in [0.25, 0.3) is 0 Å². The lowest BCUT2D eigenvalue weighted by molar-refractivity contribution is 0.145. The molecule has 9 heteroatoms. The van der Waals surface area contributed by atoms with E-state index in [1.165, 1.54) is 14.0 Å². The normalized spacial score (nSPS) is 11.3. The number of amides is 2. The Morgan fingerprint density at radius 2 is 1.92 bits per heavy atom. The minimum Gasteiger partial charge on any atom is -0.493 e. The van der Waals surface area contributed by atoms with E-state index >= 15 is 0 Å². The molecule has 2 amide bonds. The first-order chi connectivity index (χ1) is 12.2. The highest BCUT2D eigenvalue weighted by Crippen LogP contribution is 2.30. The summed E-state index contributed by atoms with van der Waals surface area (Å²) in [5.74, 6) is 0.251. The van der Waals surface area contributed by atoms with Crippen molar-refractivity contribution in [3.63, 3.8) is 0 Å². The molecule has 0 spiro atoms. The topological polar surface area (TPSA) is 94.2 Å². The van der Waals surface area contributed by atoms with Crippen LogP contribution >= 0.6 is 0 Å². The molecule has 8 nitrogen and oxygen atoms in total. The Bertz CT molecular complexity index is 690. The average molecular weight is 388 g/mol. The van der Waals surface area contributed by atoms with E-state index in [9.17, 15) is 13.2 Å². The van der Waals surface area contributed by atoms with Crippen LogP contribution in [0.5, 0.6) is 11.5 Å². The van der Waals surface area contributed by atoms with Gasteiger partial charge < -0.3 is 23.9 Å². The Labute approximate surface area is 155 Å². The number of nitrogens with one attached hydrogen (secondary N) is 1. The Balaban J connectivity index is 3.05. The first kappa shape index (κ1) is 22.0. The SMILES string of the molecule is CCS(=O)(=O)Oc1cc(CN(CCOC)C(=O)NC(C)C)ccc1OC. The van der Waals surface area contributed by atoms with Crippen LogP contribution in [0.2, 0.25) is 0 Å². The van der Waals surface area contributed by atoms with Crippen LogP contribution < -0.4 is 14.2 Å². The lowest BCUT2D eigenvalue weighted by Gasteiger charge is -2.24. The predicted molar refractivity (Wildman–Crippen MR) is 99.0 cm³/mol. The van der Waals surface area contributed by atoms with Crippen molar-refractivity contribution in [3.05, 3.63) is 23.8 Å². The molecular weight excluding hydrogens is 360 g/mol. The third kappa shape index (κ3) is 7.09. The van der Waals surface area contributed by atoms with Crippen molar-refractivity contribution in [3.8, 4) is 11.5 Å². The lowest BCUT2D eigenvalue weighted by Crippen LogP contribution is -2.43. The van der Waals surface area contributed by atoms with Gasteiger partial charge >= 0.3 is 16.1 Å². The van der Waals surface area contributed by atoms with Crippen molar-refractivity contribution >= 4 is 16.1 Å². The van der Waals surface area contributed by atoms with Gasteiger partial charge in [-0.15, -0.1) is 0 Å². The summed E-state index contributed by atoms with van der Waals surface area (Å²) in [4.78, 5) is 13.9. The molecule has 0 saturated carbocycles. The maximum atomic E-state index is 12.4. The van der Waals surface area contributed by atoms with E-state index in [0.29, 0.717) is 24.5 Å². The zero-order chi connectivity index (χ0) is 19.7. The summed E-state index contributed by atoms with van der Waals surface area (Å²) in [6.07, 6.45) is 0. The largest absolute Gasteiger partial charge is 0.493 e. The molecule has 0 atom stereocenters. The summed E-state index contributed by atoms with van der Waals surface area (Å²) >= 11 is 0. The minimum atomic E-state index is -3.69. The smallest absolute Gasteiger partial charge is 0.317 e. The molecule has 26 heavy (non-hydrogen) atoms. The molecule has 0 aliphatic heterocycles. The second-order valence-corrected chi connectivity index (χ2v) is 7.79. The number of urea groups is 1. The van der Waals surface area contributed by atoms with Crippen molar-refractivity contribution in [1.29, 1.82) is 0 Å². The van der Waals surface area contributed by atoms with Crippen molar-refractivity contribution in [2.45, 2.75) is 33.4 Å². The van der Waals surface area contributed by atoms with Gasteiger partial charge in [-0.25, -0.2) is 4.79 Å². The molecule has 0 radical (unpaired) electrons. The van der Waals surface area contributed by atoms with E-state index in [-0.39, 0.29) is 30.1 Å². The molecule has 0 fully saturated rings. The Kier molecular flexibility index (Phi) is 8.67. The van der Waals surface area contributed by atoms with Crippen LogP contribution in [0.15, 0.2) is 18.2 Å². The molecule has 0 bridgehead atoms. The highest BCUT2D eigenvalue weighted by atomic mass is 32.2. The number of nitrogens with zero attached hydrogens (tertiary/aromatic N) is 1. The summed E-state index contributed by atoms with van der Waals surface area (Å²) < 4.78 is 38.9. The van der Waals surface area contributed by atoms with Crippen LogP contribution in [-0.4, -0.2) is 58.5 Å². The molecule has 148 valence electrons. The second-order valence-electron chi connectivity index (χ2n) is 5.93. The molecule has 0 saturated heterocycles. The Morgan fingerprint density at radius 3 is 2.46 bits per heavy atom. The van der Waals surface area contributed by atoms with E-state index < -0.39 is 10.1 Å². The maximum absolute atomic E-state index is 12.4. The van der Waals surface area contributed by atoms with Gasteiger partial charge in [0.05, 0.1) is 19.5 Å². The van der Waals surface area contributed by atoms with Gasteiger partial charge in [-0.3, -0.25) is 0 Å². The van der Waals surface area contributed by atoms with Gasteiger partial charge in [-0.05, 0) is 38.5 Å². The maximum Gasteiger partial charge on any atom is 0.317 e. The molecule has 1 aromatic carbocycles. The van der Waals surface area contributed by atoms with Gasteiger partial charge in [0.1, 0.15) is 0 Å². The molecule has 0 heterocycles. The van der Waals surface area contributed by atoms with E-state index in [1.54, 1.807) is 30.2 Å². The fraction of sp³-hybridized carbons (Fsp3) is 0.588. The van der Waals surface area contributed by atoms with Gasteiger partial charge in [-0.2, -0.15) is 8.42 Å². The summed E-state index contributed by atoms with van der Waals surface area (Å²) in [5.41, 5.74) is 0.710. The molecule has 1 aromatic rings. The van der Waals surface area contributed by atoms with E-state index in [2.05, 4.69) is 5.32 Å². The van der Waals surface area contributed by atoms with Crippen LogP contribution in [-0.2, 0) is 21.4 Å². The molecule has 0 aliphatic rings. The molecule has 0 unspecified atom stereocenters. The van der Waals surface area contributed by atoms with Crippen molar-refractivity contribution in [1.82, 2.24) is 10.2 Å². The van der Waals surface area contributed by atoms with Crippen LogP contribution in [0.25, 0.3) is 0 Å². The summed E-state index contributed by atoms with van der Waals surface area (Å²) in [5, 5.41) is 2.84. The Morgan fingerprint density at radius 1 is 1.23 bits per heavy atom. The monoisotopic (exact) mass is 388 g/mol. The first-order valence-corrected chi connectivity index (χ1v) is 9.93. The van der Waals surface area contributed by atoms with Crippen molar-refractivity contribution in [2.75, 3.05) is 33.1 Å². The molecule has 1 N–H and O–H groups in total. The molecule has 0 aromatic heterocycles. The van der Waals surface area contributed by atoms with Crippen LogP contribution in [0, 0.1) is 0 Å². The standard InChI is InChI=1S/C17H28N2O6S/c1-6-26(21,22)25-16-11-14(7-8-15(16)24-5)12-19(9-10-23-4)17(20)18-13(2)3/h7-8,11,13H,6,9-10,12H2,1-5H3,(H,18,20). The zero-order valence-electron chi connectivity index (χ0n) is 15.9.